The molecule has 0 saturated heterocycles. The number of hydrogen-bond donors (Lipinski definition) is 0. The van der Waals surface area contributed by atoms with Gasteiger partial charge < -0.3 is 9.26 Å². The quantitative estimate of drug-likeness (QED) is 0.715. The Morgan fingerprint density at radius 2 is 2.19 bits per heavy atom. The molecule has 0 unspecified atom stereocenters. The van der Waals surface area contributed by atoms with Crippen LogP contribution in [0, 0.1) is 11.3 Å². The Hall–Kier alpha value is -1.83. The molecular weight excluding hydrogens is 208 g/mol. The molecule has 0 spiro atoms. The average Bonchev–Trinajstić information content (AvgIpc) is 2.60. The third-order valence-electron chi connectivity index (χ3n) is 1.98. The zero-order valence-electron chi connectivity index (χ0n) is 9.83. The van der Waals surface area contributed by atoms with Crippen LogP contribution in [0.3, 0.4) is 0 Å². The monoisotopic (exact) mass is 222 g/mol. The molecule has 86 valence electrons. The van der Waals surface area contributed by atoms with Crippen molar-refractivity contribution < 1.29 is 14.1 Å². The van der Waals surface area contributed by atoms with Crippen molar-refractivity contribution in [2.45, 2.75) is 33.1 Å². The molecule has 0 saturated carbocycles. The molecule has 1 heterocycles. The standard InChI is InChI=1S/C11H14N2O3/c1-5-15-10(14)8-7(6-12)9(13-16-8)11(2,3)4/h5H2,1-4H3. The predicted octanol–water partition coefficient (Wildman–Crippen LogP) is 2.02. The van der Waals surface area contributed by atoms with E-state index in [1.165, 1.54) is 0 Å². The van der Waals surface area contributed by atoms with Crippen LogP contribution in [0.1, 0.15) is 49.5 Å². The normalized spacial score (nSPS) is 10.9. The van der Waals surface area contributed by atoms with Gasteiger partial charge in [-0.05, 0) is 6.92 Å². The minimum Gasteiger partial charge on any atom is -0.460 e. The van der Waals surface area contributed by atoms with Crippen molar-refractivity contribution in [3.8, 4) is 6.07 Å². The smallest absolute Gasteiger partial charge is 0.378 e. The molecule has 1 rings (SSSR count). The summed E-state index contributed by atoms with van der Waals surface area (Å²) in [5, 5.41) is 12.8. The van der Waals surface area contributed by atoms with Crippen molar-refractivity contribution in [1.29, 1.82) is 5.26 Å². The summed E-state index contributed by atoms with van der Waals surface area (Å²) in [6.45, 7) is 7.59. The van der Waals surface area contributed by atoms with E-state index >= 15 is 0 Å². The van der Waals surface area contributed by atoms with Crippen molar-refractivity contribution in [2.24, 2.45) is 0 Å². The van der Waals surface area contributed by atoms with Crippen molar-refractivity contribution in [3.05, 3.63) is 17.0 Å². The highest BCUT2D eigenvalue weighted by Gasteiger charge is 2.29. The summed E-state index contributed by atoms with van der Waals surface area (Å²) in [5.41, 5.74) is 0.281. The van der Waals surface area contributed by atoms with Gasteiger partial charge in [-0.15, -0.1) is 0 Å². The molecular formula is C11H14N2O3. The second-order valence-corrected chi connectivity index (χ2v) is 4.32. The molecule has 0 atom stereocenters. The summed E-state index contributed by atoms with van der Waals surface area (Å²) < 4.78 is 9.65. The number of ether oxygens (including phenoxy) is 1. The second kappa shape index (κ2) is 4.35. The van der Waals surface area contributed by atoms with Crippen LogP contribution in [0.5, 0.6) is 0 Å². The number of carbonyl (C=O) groups is 1. The lowest BCUT2D eigenvalue weighted by atomic mass is 9.89. The maximum atomic E-state index is 11.5. The predicted molar refractivity (Wildman–Crippen MR) is 55.9 cm³/mol. The maximum absolute atomic E-state index is 11.5. The van der Waals surface area contributed by atoms with Gasteiger partial charge in [0.1, 0.15) is 17.3 Å². The molecule has 0 aliphatic rings. The van der Waals surface area contributed by atoms with Gasteiger partial charge in [0.25, 0.3) is 5.76 Å². The molecule has 5 heteroatoms. The van der Waals surface area contributed by atoms with Crippen molar-refractivity contribution >= 4 is 5.97 Å². The summed E-state index contributed by atoms with van der Waals surface area (Å²) in [6, 6.07) is 1.93. The largest absolute Gasteiger partial charge is 0.460 e. The number of hydrogen-bond acceptors (Lipinski definition) is 5. The third kappa shape index (κ3) is 2.22. The summed E-state index contributed by atoms with van der Waals surface area (Å²) in [5.74, 6) is -0.767. The molecule has 0 radical (unpaired) electrons. The van der Waals surface area contributed by atoms with E-state index in [1.54, 1.807) is 6.92 Å². The van der Waals surface area contributed by atoms with Gasteiger partial charge >= 0.3 is 5.97 Å². The van der Waals surface area contributed by atoms with E-state index in [9.17, 15) is 4.79 Å². The van der Waals surface area contributed by atoms with Crippen LogP contribution in [-0.2, 0) is 10.2 Å². The third-order valence-corrected chi connectivity index (χ3v) is 1.98. The lowest BCUT2D eigenvalue weighted by Gasteiger charge is -2.13. The van der Waals surface area contributed by atoms with Crippen LogP contribution in [0.4, 0.5) is 0 Å². The van der Waals surface area contributed by atoms with Crippen LogP contribution >= 0.6 is 0 Å². The Balaban J connectivity index is 3.21. The summed E-state index contributed by atoms with van der Waals surface area (Å²) >= 11 is 0. The Morgan fingerprint density at radius 3 is 2.62 bits per heavy atom. The van der Waals surface area contributed by atoms with Gasteiger partial charge in [0.15, 0.2) is 0 Å². The molecule has 0 amide bonds. The van der Waals surface area contributed by atoms with Crippen molar-refractivity contribution in [2.75, 3.05) is 6.61 Å². The molecule has 5 nitrogen and oxygen atoms in total. The highest BCUT2D eigenvalue weighted by molar-refractivity contribution is 5.89. The van der Waals surface area contributed by atoms with E-state index < -0.39 is 5.97 Å². The fraction of sp³-hybridized carbons (Fsp3) is 0.545. The van der Waals surface area contributed by atoms with E-state index in [1.807, 2.05) is 26.8 Å². The van der Waals surface area contributed by atoms with Gasteiger partial charge in [-0.1, -0.05) is 25.9 Å². The van der Waals surface area contributed by atoms with Crippen LogP contribution in [0.25, 0.3) is 0 Å². The van der Waals surface area contributed by atoms with Gasteiger partial charge in [0.05, 0.1) is 6.61 Å². The summed E-state index contributed by atoms with van der Waals surface area (Å²) in [7, 11) is 0. The van der Waals surface area contributed by atoms with Gasteiger partial charge in [-0.2, -0.15) is 5.26 Å². The van der Waals surface area contributed by atoms with E-state index in [4.69, 9.17) is 14.5 Å². The Kier molecular flexibility index (Phi) is 3.33. The van der Waals surface area contributed by atoms with Crippen LogP contribution in [0.15, 0.2) is 4.52 Å². The molecule has 0 N–H and O–H groups in total. The first-order valence-electron chi connectivity index (χ1n) is 4.99. The first kappa shape index (κ1) is 12.2. The molecule has 1 aromatic heterocycles. The molecule has 0 aliphatic heterocycles. The van der Waals surface area contributed by atoms with E-state index in [-0.39, 0.29) is 23.3 Å². The van der Waals surface area contributed by atoms with Gasteiger partial charge in [0.2, 0.25) is 0 Å². The minimum absolute atomic E-state index is 0.116. The van der Waals surface area contributed by atoms with E-state index in [0.717, 1.165) is 0 Å². The zero-order chi connectivity index (χ0) is 12.3. The fourth-order valence-corrected chi connectivity index (χ4v) is 1.24. The average molecular weight is 222 g/mol. The van der Waals surface area contributed by atoms with Crippen molar-refractivity contribution in [3.63, 3.8) is 0 Å². The lowest BCUT2D eigenvalue weighted by Crippen LogP contribution is -2.14. The van der Waals surface area contributed by atoms with Gasteiger partial charge in [0, 0.05) is 5.41 Å². The highest BCUT2D eigenvalue weighted by atomic mass is 16.6. The second-order valence-electron chi connectivity index (χ2n) is 4.32. The van der Waals surface area contributed by atoms with Crippen LogP contribution in [0.2, 0.25) is 0 Å². The fourth-order valence-electron chi connectivity index (χ4n) is 1.24. The molecule has 0 bridgehead atoms. The highest BCUT2D eigenvalue weighted by Crippen LogP contribution is 2.26. The Morgan fingerprint density at radius 1 is 1.56 bits per heavy atom. The first-order chi connectivity index (χ1) is 7.41. The molecule has 0 fully saturated rings. The number of esters is 1. The molecule has 16 heavy (non-hydrogen) atoms. The lowest BCUT2D eigenvalue weighted by molar-refractivity contribution is 0.0479. The number of nitrogens with zero attached hydrogens (tertiary/aromatic N) is 2. The van der Waals surface area contributed by atoms with Crippen molar-refractivity contribution in [1.82, 2.24) is 5.16 Å². The topological polar surface area (TPSA) is 76.1 Å². The number of nitriles is 1. The van der Waals surface area contributed by atoms with Gasteiger partial charge in [-0.3, -0.25) is 0 Å². The minimum atomic E-state index is -0.651. The van der Waals surface area contributed by atoms with Gasteiger partial charge in [-0.25, -0.2) is 4.79 Å². The van der Waals surface area contributed by atoms with E-state index in [2.05, 4.69) is 5.16 Å². The molecule has 0 aromatic carbocycles. The SMILES string of the molecule is CCOC(=O)c1onc(C(C)(C)C)c1C#N. The first-order valence-corrected chi connectivity index (χ1v) is 4.99. The zero-order valence-corrected chi connectivity index (χ0v) is 9.83. The summed E-state index contributed by atoms with van der Waals surface area (Å²) in [6.07, 6.45) is 0. The Labute approximate surface area is 94.0 Å². The molecule has 0 aliphatic carbocycles. The van der Waals surface area contributed by atoms with Crippen LogP contribution < -0.4 is 0 Å². The molecule has 1 aromatic rings. The maximum Gasteiger partial charge on any atom is 0.378 e. The number of aromatic nitrogens is 1. The van der Waals surface area contributed by atoms with E-state index in [0.29, 0.717) is 5.69 Å². The summed E-state index contributed by atoms with van der Waals surface area (Å²) in [4.78, 5) is 11.5. The number of carbonyl (C=O) groups excluding carboxylic acids is 1. The number of rotatable bonds is 2. The Bertz CT molecular complexity index is 435. The van der Waals surface area contributed by atoms with Crippen LogP contribution in [-0.4, -0.2) is 17.7 Å².